The van der Waals surface area contributed by atoms with Crippen molar-refractivity contribution in [2.24, 2.45) is 4.99 Å². The van der Waals surface area contributed by atoms with Crippen LogP contribution in [0.4, 0.5) is 5.69 Å². The smallest absolute Gasteiger partial charge is 0.251 e. The van der Waals surface area contributed by atoms with Gasteiger partial charge in [-0.3, -0.25) is 9.79 Å². The fourth-order valence-electron chi connectivity index (χ4n) is 3.57. The standard InChI is InChI=1S/C23H31N5O2.HI/c1-4-25-22(29)19-7-5-6-18(16-19)17-26-23(24-2)28-14-12-27(13-15-28)20-8-10-21(30-3)11-9-20;/h5-11,16H,4,12-15,17H2,1-3H3,(H,24,26)(H,25,29);1H. The number of amides is 1. The molecule has 1 amide bonds. The average Bonchev–Trinajstić information content (AvgIpc) is 2.80. The fourth-order valence-corrected chi connectivity index (χ4v) is 3.57. The maximum absolute atomic E-state index is 12.0. The van der Waals surface area contributed by atoms with E-state index in [1.54, 1.807) is 7.11 Å². The molecule has 0 unspecified atom stereocenters. The van der Waals surface area contributed by atoms with Crippen LogP contribution in [0.15, 0.2) is 53.5 Å². The summed E-state index contributed by atoms with van der Waals surface area (Å²) in [5.74, 6) is 1.71. The van der Waals surface area contributed by atoms with Crippen molar-refractivity contribution in [3.05, 3.63) is 59.7 Å². The van der Waals surface area contributed by atoms with Gasteiger partial charge in [-0.15, -0.1) is 24.0 Å². The van der Waals surface area contributed by atoms with Gasteiger partial charge in [-0.2, -0.15) is 0 Å². The monoisotopic (exact) mass is 537 g/mol. The molecule has 0 atom stereocenters. The van der Waals surface area contributed by atoms with Gasteiger partial charge in [0.2, 0.25) is 0 Å². The number of aliphatic imine (C=N–C) groups is 1. The zero-order valence-corrected chi connectivity index (χ0v) is 20.8. The molecule has 168 valence electrons. The maximum atomic E-state index is 12.0. The Morgan fingerprint density at radius 2 is 1.77 bits per heavy atom. The second kappa shape index (κ2) is 12.4. The first-order chi connectivity index (χ1) is 14.6. The van der Waals surface area contributed by atoms with Crippen molar-refractivity contribution in [3.8, 4) is 5.75 Å². The lowest BCUT2D eigenvalue weighted by molar-refractivity contribution is 0.0955. The van der Waals surface area contributed by atoms with E-state index in [-0.39, 0.29) is 29.9 Å². The number of piperazine rings is 1. The summed E-state index contributed by atoms with van der Waals surface area (Å²) in [6, 6.07) is 15.9. The number of ether oxygens (including phenoxy) is 1. The second-order valence-corrected chi connectivity index (χ2v) is 7.13. The molecule has 1 fully saturated rings. The molecule has 0 aromatic heterocycles. The van der Waals surface area contributed by atoms with Crippen molar-refractivity contribution < 1.29 is 9.53 Å². The highest BCUT2D eigenvalue weighted by Crippen LogP contribution is 2.20. The van der Waals surface area contributed by atoms with Gasteiger partial charge in [-0.25, -0.2) is 0 Å². The molecule has 31 heavy (non-hydrogen) atoms. The van der Waals surface area contributed by atoms with Gasteiger partial charge in [0.1, 0.15) is 5.75 Å². The van der Waals surface area contributed by atoms with E-state index in [4.69, 9.17) is 4.74 Å². The number of carbonyl (C=O) groups is 1. The average molecular weight is 537 g/mol. The summed E-state index contributed by atoms with van der Waals surface area (Å²) in [7, 11) is 3.49. The molecule has 1 saturated heterocycles. The van der Waals surface area contributed by atoms with Crippen molar-refractivity contribution in [3.63, 3.8) is 0 Å². The molecule has 2 N–H and O–H groups in total. The summed E-state index contributed by atoms with van der Waals surface area (Å²) in [5.41, 5.74) is 2.94. The van der Waals surface area contributed by atoms with Crippen LogP contribution in [-0.4, -0.2) is 63.6 Å². The third kappa shape index (κ3) is 6.75. The highest BCUT2D eigenvalue weighted by Gasteiger charge is 2.20. The Morgan fingerprint density at radius 1 is 1.06 bits per heavy atom. The van der Waals surface area contributed by atoms with Gasteiger partial charge in [-0.05, 0) is 48.9 Å². The SMILES string of the molecule is CCNC(=O)c1cccc(CNC(=NC)N2CCN(c3ccc(OC)cc3)CC2)c1.I. The van der Waals surface area contributed by atoms with Crippen molar-refractivity contribution in [1.29, 1.82) is 0 Å². The number of hydrogen-bond donors (Lipinski definition) is 2. The minimum absolute atomic E-state index is 0. The minimum atomic E-state index is -0.0432. The summed E-state index contributed by atoms with van der Waals surface area (Å²) < 4.78 is 5.24. The Kier molecular flexibility index (Phi) is 9.90. The molecule has 0 spiro atoms. The predicted octanol–water partition coefficient (Wildman–Crippen LogP) is 2.96. The first-order valence-corrected chi connectivity index (χ1v) is 10.4. The van der Waals surface area contributed by atoms with Crippen LogP contribution in [0.2, 0.25) is 0 Å². The Hall–Kier alpha value is -2.49. The zero-order chi connectivity index (χ0) is 21.3. The molecule has 3 rings (SSSR count). The molecular formula is C23H32IN5O2. The first kappa shape index (κ1) is 24.8. The number of methoxy groups -OCH3 is 1. The van der Waals surface area contributed by atoms with E-state index in [0.717, 1.165) is 43.5 Å². The highest BCUT2D eigenvalue weighted by atomic mass is 127. The van der Waals surface area contributed by atoms with E-state index in [0.29, 0.717) is 18.7 Å². The summed E-state index contributed by atoms with van der Waals surface area (Å²) in [5, 5.41) is 6.27. The van der Waals surface area contributed by atoms with Crippen LogP contribution < -0.4 is 20.3 Å². The number of hydrogen-bond acceptors (Lipinski definition) is 4. The van der Waals surface area contributed by atoms with Crippen LogP contribution in [0.3, 0.4) is 0 Å². The number of benzene rings is 2. The van der Waals surface area contributed by atoms with E-state index in [2.05, 4.69) is 37.6 Å². The number of carbonyl (C=O) groups excluding carboxylic acids is 1. The minimum Gasteiger partial charge on any atom is -0.497 e. The van der Waals surface area contributed by atoms with Gasteiger partial charge in [0.05, 0.1) is 7.11 Å². The van der Waals surface area contributed by atoms with Gasteiger partial charge >= 0.3 is 0 Å². The topological polar surface area (TPSA) is 69.2 Å². The second-order valence-electron chi connectivity index (χ2n) is 7.13. The number of nitrogens with zero attached hydrogens (tertiary/aromatic N) is 3. The van der Waals surface area contributed by atoms with Gasteiger partial charge in [0.25, 0.3) is 5.91 Å². The summed E-state index contributed by atoms with van der Waals surface area (Å²) >= 11 is 0. The van der Waals surface area contributed by atoms with E-state index in [1.165, 1.54) is 5.69 Å². The van der Waals surface area contributed by atoms with E-state index in [9.17, 15) is 4.79 Å². The lowest BCUT2D eigenvalue weighted by Crippen LogP contribution is -2.52. The van der Waals surface area contributed by atoms with Gasteiger partial charge in [-0.1, -0.05) is 12.1 Å². The Balaban J connectivity index is 0.00000341. The molecule has 0 aliphatic carbocycles. The molecule has 7 nitrogen and oxygen atoms in total. The van der Waals surface area contributed by atoms with Crippen molar-refractivity contribution in [2.75, 3.05) is 51.8 Å². The number of guanidine groups is 1. The quantitative estimate of drug-likeness (QED) is 0.337. The normalized spacial score (nSPS) is 14.0. The molecule has 1 heterocycles. The van der Waals surface area contributed by atoms with Crippen molar-refractivity contribution >= 4 is 41.5 Å². The molecule has 2 aromatic carbocycles. The Bertz CT molecular complexity index is 865. The van der Waals surface area contributed by atoms with Crippen LogP contribution in [0, 0.1) is 0 Å². The maximum Gasteiger partial charge on any atom is 0.251 e. The van der Waals surface area contributed by atoms with E-state index < -0.39 is 0 Å². The highest BCUT2D eigenvalue weighted by molar-refractivity contribution is 14.0. The van der Waals surface area contributed by atoms with E-state index in [1.807, 2.05) is 50.4 Å². The fraction of sp³-hybridized carbons (Fsp3) is 0.391. The van der Waals surface area contributed by atoms with Crippen LogP contribution in [0.1, 0.15) is 22.8 Å². The van der Waals surface area contributed by atoms with Crippen molar-refractivity contribution in [1.82, 2.24) is 15.5 Å². The molecule has 0 radical (unpaired) electrons. The predicted molar refractivity (Wildman–Crippen MR) is 137 cm³/mol. The lowest BCUT2D eigenvalue weighted by Gasteiger charge is -2.37. The molecule has 2 aromatic rings. The van der Waals surface area contributed by atoms with Gasteiger partial charge < -0.3 is 25.2 Å². The molecule has 1 aliphatic rings. The van der Waals surface area contributed by atoms with Crippen LogP contribution in [0.5, 0.6) is 5.75 Å². The first-order valence-electron chi connectivity index (χ1n) is 10.4. The van der Waals surface area contributed by atoms with Crippen molar-refractivity contribution in [2.45, 2.75) is 13.5 Å². The molecule has 0 bridgehead atoms. The number of nitrogens with one attached hydrogen (secondary N) is 2. The molecule has 8 heteroatoms. The summed E-state index contributed by atoms with van der Waals surface area (Å²) in [6.45, 7) is 6.81. The Morgan fingerprint density at radius 3 is 2.39 bits per heavy atom. The number of rotatable bonds is 6. The third-order valence-corrected chi connectivity index (χ3v) is 5.21. The zero-order valence-electron chi connectivity index (χ0n) is 18.4. The summed E-state index contributed by atoms with van der Waals surface area (Å²) in [4.78, 5) is 21.1. The molecular weight excluding hydrogens is 505 g/mol. The largest absolute Gasteiger partial charge is 0.497 e. The third-order valence-electron chi connectivity index (χ3n) is 5.21. The number of anilines is 1. The van der Waals surface area contributed by atoms with Crippen LogP contribution in [-0.2, 0) is 6.54 Å². The van der Waals surface area contributed by atoms with E-state index >= 15 is 0 Å². The Labute approximate surface area is 201 Å². The molecule has 0 saturated carbocycles. The van der Waals surface area contributed by atoms with Gasteiger partial charge in [0.15, 0.2) is 5.96 Å². The van der Waals surface area contributed by atoms with Crippen LogP contribution >= 0.6 is 24.0 Å². The number of halogens is 1. The molecule has 1 aliphatic heterocycles. The van der Waals surface area contributed by atoms with Crippen LogP contribution in [0.25, 0.3) is 0 Å². The summed E-state index contributed by atoms with van der Waals surface area (Å²) in [6.07, 6.45) is 0. The lowest BCUT2D eigenvalue weighted by atomic mass is 10.1. The van der Waals surface area contributed by atoms with Gasteiger partial charge in [0, 0.05) is 57.6 Å².